The number of imidazole rings is 1. The van der Waals surface area contributed by atoms with E-state index in [0.717, 1.165) is 5.69 Å². The Hall–Kier alpha value is -1.38. The molecule has 3 heteroatoms. The Bertz CT molecular complexity index is 285. The van der Waals surface area contributed by atoms with Crippen molar-refractivity contribution >= 4 is 12.2 Å². The van der Waals surface area contributed by atoms with Gasteiger partial charge in [-0.05, 0) is 6.92 Å². The van der Waals surface area contributed by atoms with Gasteiger partial charge in [-0.25, -0.2) is 9.98 Å². The maximum atomic E-state index is 4.07. The van der Waals surface area contributed by atoms with Crippen LogP contribution < -0.4 is 0 Å². The predicted molar refractivity (Wildman–Crippen MR) is 69.0 cm³/mol. The first-order valence-electron chi connectivity index (χ1n) is 5.39. The summed E-state index contributed by atoms with van der Waals surface area (Å²) in [6.07, 6.45) is 5.04. The van der Waals surface area contributed by atoms with E-state index in [9.17, 15) is 0 Å². The Morgan fingerprint density at radius 3 is 2.20 bits per heavy atom. The minimum absolute atomic E-state index is 0.711. The number of rotatable bonds is 2. The second-order valence-electron chi connectivity index (χ2n) is 2.27. The van der Waals surface area contributed by atoms with Gasteiger partial charge in [0.2, 0.25) is 5.95 Å². The Kier molecular flexibility index (Phi) is 11.5. The van der Waals surface area contributed by atoms with Crippen molar-refractivity contribution in [3.8, 4) is 0 Å². The third-order valence-electron chi connectivity index (χ3n) is 1.49. The molecule has 1 aromatic heterocycles. The fraction of sp³-hybridized carbons (Fsp3) is 0.500. The first-order chi connectivity index (χ1) is 7.25. The molecule has 0 aliphatic carbocycles. The first-order valence-corrected chi connectivity index (χ1v) is 5.39. The summed E-state index contributed by atoms with van der Waals surface area (Å²) in [6.45, 7) is 13.5. The lowest BCUT2D eigenvalue weighted by molar-refractivity contribution is 0.875. The van der Waals surface area contributed by atoms with Crippen molar-refractivity contribution in [2.75, 3.05) is 0 Å². The molecule has 1 rings (SSSR count). The van der Waals surface area contributed by atoms with Gasteiger partial charge in [-0.2, -0.15) is 0 Å². The van der Waals surface area contributed by atoms with Gasteiger partial charge >= 0.3 is 0 Å². The number of aromatic nitrogens is 2. The van der Waals surface area contributed by atoms with Gasteiger partial charge in [0.15, 0.2) is 0 Å². The smallest absolute Gasteiger partial charge is 0.229 e. The normalized spacial score (nSPS) is 8.67. The van der Waals surface area contributed by atoms with Gasteiger partial charge in [0.1, 0.15) is 0 Å². The van der Waals surface area contributed by atoms with Gasteiger partial charge in [0, 0.05) is 19.0 Å². The van der Waals surface area contributed by atoms with Crippen LogP contribution in [-0.2, 0) is 7.05 Å². The molecular formula is C12H23N3. The number of hydrogen-bond donors (Lipinski definition) is 0. The molecule has 3 nitrogen and oxygen atoms in total. The molecule has 1 heterocycles. The Balaban J connectivity index is 0. The monoisotopic (exact) mass is 209 g/mol. The summed E-state index contributed by atoms with van der Waals surface area (Å²) in [5, 5.41) is 0. The fourth-order valence-electron chi connectivity index (χ4n) is 0.721. The zero-order valence-electron chi connectivity index (χ0n) is 10.8. The molecule has 0 N–H and O–H groups in total. The summed E-state index contributed by atoms with van der Waals surface area (Å²) in [7, 11) is 1.93. The van der Waals surface area contributed by atoms with Crippen LogP contribution in [0.5, 0.6) is 0 Å². The van der Waals surface area contributed by atoms with Crippen LogP contribution in [0, 0.1) is 6.92 Å². The van der Waals surface area contributed by atoms with Crippen molar-refractivity contribution in [3.05, 3.63) is 24.5 Å². The van der Waals surface area contributed by atoms with E-state index in [1.807, 2.05) is 46.2 Å². The van der Waals surface area contributed by atoms with Crippen LogP contribution in [-0.4, -0.2) is 15.8 Å². The maximum absolute atomic E-state index is 4.07. The van der Waals surface area contributed by atoms with E-state index in [1.165, 1.54) is 0 Å². The highest BCUT2D eigenvalue weighted by Gasteiger charge is 1.97. The first kappa shape index (κ1) is 16.1. The number of allylic oxidation sites excluding steroid dienone is 1. The molecule has 0 radical (unpaired) electrons. The maximum Gasteiger partial charge on any atom is 0.229 e. The largest absolute Gasteiger partial charge is 0.316 e. The quantitative estimate of drug-likeness (QED) is 0.683. The second kappa shape index (κ2) is 10.7. The van der Waals surface area contributed by atoms with Crippen LogP contribution >= 0.6 is 0 Å². The molecule has 0 aromatic carbocycles. The average Bonchev–Trinajstić information content (AvgIpc) is 2.63. The molecular weight excluding hydrogens is 186 g/mol. The highest BCUT2D eigenvalue weighted by atomic mass is 15.2. The van der Waals surface area contributed by atoms with Gasteiger partial charge < -0.3 is 4.57 Å². The number of nitrogens with zero attached hydrogens (tertiary/aromatic N) is 3. The number of aryl methyl sites for hydroxylation is 1. The van der Waals surface area contributed by atoms with Crippen LogP contribution in [0.4, 0.5) is 5.95 Å². The fourth-order valence-corrected chi connectivity index (χ4v) is 0.721. The van der Waals surface area contributed by atoms with Crippen molar-refractivity contribution in [2.45, 2.75) is 34.6 Å². The third-order valence-corrected chi connectivity index (χ3v) is 1.49. The second-order valence-corrected chi connectivity index (χ2v) is 2.27. The van der Waals surface area contributed by atoms with E-state index in [0.29, 0.717) is 5.95 Å². The van der Waals surface area contributed by atoms with E-state index < -0.39 is 0 Å². The van der Waals surface area contributed by atoms with Crippen LogP contribution in [0.1, 0.15) is 33.4 Å². The summed E-state index contributed by atoms with van der Waals surface area (Å²) in [5.74, 6) is 0.711. The molecule has 0 unspecified atom stereocenters. The molecule has 0 bridgehead atoms. The predicted octanol–water partition coefficient (Wildman–Crippen LogP) is 3.67. The highest BCUT2D eigenvalue weighted by molar-refractivity contribution is 5.72. The minimum atomic E-state index is 0.711. The zero-order valence-corrected chi connectivity index (χ0v) is 10.8. The molecule has 0 saturated carbocycles. The molecule has 1 aromatic rings. The summed E-state index contributed by atoms with van der Waals surface area (Å²) < 4.78 is 1.92. The molecule has 0 aliphatic heterocycles. The minimum Gasteiger partial charge on any atom is -0.316 e. The van der Waals surface area contributed by atoms with Crippen LogP contribution in [0.2, 0.25) is 0 Å². The molecule has 0 saturated heterocycles. The van der Waals surface area contributed by atoms with Gasteiger partial charge in [0.25, 0.3) is 0 Å². The molecule has 0 aliphatic rings. The Morgan fingerprint density at radius 2 is 1.87 bits per heavy atom. The standard InChI is InChI=1S/C8H11N3.2C2H6/c1-4-5-9-8-10-6-7(2)11(8)3;2*1-2/h4-6H,1H2,2-3H3;2*1-2H3/b9-5-;;. The summed E-state index contributed by atoms with van der Waals surface area (Å²) in [5.41, 5.74) is 1.10. The van der Waals surface area contributed by atoms with E-state index in [4.69, 9.17) is 0 Å². The van der Waals surface area contributed by atoms with Gasteiger partial charge in [-0.3, -0.25) is 0 Å². The molecule has 0 atom stereocenters. The lowest BCUT2D eigenvalue weighted by atomic mass is 10.5. The number of aliphatic imine (C=N–C) groups is 1. The van der Waals surface area contributed by atoms with Crippen LogP contribution in [0.3, 0.4) is 0 Å². The molecule has 0 fully saturated rings. The van der Waals surface area contributed by atoms with Crippen molar-refractivity contribution < 1.29 is 0 Å². The molecule has 15 heavy (non-hydrogen) atoms. The number of hydrogen-bond acceptors (Lipinski definition) is 2. The van der Waals surface area contributed by atoms with Gasteiger partial charge in [-0.1, -0.05) is 40.3 Å². The van der Waals surface area contributed by atoms with E-state index in [1.54, 1.807) is 18.5 Å². The molecule has 0 spiro atoms. The van der Waals surface area contributed by atoms with E-state index in [-0.39, 0.29) is 0 Å². The van der Waals surface area contributed by atoms with Crippen molar-refractivity contribution in [1.29, 1.82) is 0 Å². The molecule has 86 valence electrons. The summed E-state index contributed by atoms with van der Waals surface area (Å²) in [4.78, 5) is 8.12. The Morgan fingerprint density at radius 1 is 1.33 bits per heavy atom. The van der Waals surface area contributed by atoms with Gasteiger partial charge in [-0.15, -0.1) is 0 Å². The highest BCUT2D eigenvalue weighted by Crippen LogP contribution is 2.08. The topological polar surface area (TPSA) is 30.2 Å². The van der Waals surface area contributed by atoms with Crippen molar-refractivity contribution in [3.63, 3.8) is 0 Å². The van der Waals surface area contributed by atoms with Crippen molar-refractivity contribution in [2.24, 2.45) is 12.0 Å². The summed E-state index contributed by atoms with van der Waals surface area (Å²) in [6, 6.07) is 0. The van der Waals surface area contributed by atoms with E-state index >= 15 is 0 Å². The average molecular weight is 209 g/mol. The third kappa shape index (κ3) is 5.83. The molecule has 0 amide bonds. The SMILES string of the molecule is C=C/C=N\c1ncc(C)n1C.CC.CC. The lowest BCUT2D eigenvalue weighted by Crippen LogP contribution is -1.88. The van der Waals surface area contributed by atoms with Gasteiger partial charge in [0.05, 0.1) is 6.20 Å². The van der Waals surface area contributed by atoms with E-state index in [2.05, 4.69) is 16.6 Å². The lowest BCUT2D eigenvalue weighted by Gasteiger charge is -1.94. The van der Waals surface area contributed by atoms with Crippen LogP contribution in [0.25, 0.3) is 0 Å². The summed E-state index contributed by atoms with van der Waals surface area (Å²) >= 11 is 0. The zero-order chi connectivity index (χ0) is 12.3. The Labute approximate surface area is 93.6 Å². The van der Waals surface area contributed by atoms with Crippen LogP contribution in [0.15, 0.2) is 23.8 Å². The van der Waals surface area contributed by atoms with Crippen molar-refractivity contribution in [1.82, 2.24) is 9.55 Å².